The van der Waals surface area contributed by atoms with Crippen molar-refractivity contribution in [3.63, 3.8) is 0 Å². The molecule has 0 bridgehead atoms. The molecule has 0 aliphatic heterocycles. The SMILES string of the molecule is O=C(NCCCCCO)c1ccc(F)cc1. The number of nitrogens with one attached hydrogen (secondary N) is 1. The molecule has 0 atom stereocenters. The van der Waals surface area contributed by atoms with E-state index in [9.17, 15) is 9.18 Å². The third-order valence-corrected chi connectivity index (χ3v) is 2.23. The average molecular weight is 225 g/mol. The van der Waals surface area contributed by atoms with Gasteiger partial charge in [0.1, 0.15) is 5.82 Å². The number of amides is 1. The van der Waals surface area contributed by atoms with E-state index >= 15 is 0 Å². The lowest BCUT2D eigenvalue weighted by Gasteiger charge is -2.04. The first-order valence-corrected chi connectivity index (χ1v) is 5.38. The number of aliphatic hydroxyl groups is 1. The van der Waals surface area contributed by atoms with E-state index in [1.165, 1.54) is 24.3 Å². The summed E-state index contributed by atoms with van der Waals surface area (Å²) in [6.07, 6.45) is 2.49. The maximum absolute atomic E-state index is 12.6. The molecule has 0 spiro atoms. The van der Waals surface area contributed by atoms with Gasteiger partial charge in [-0.05, 0) is 43.5 Å². The molecule has 1 rings (SSSR count). The Labute approximate surface area is 94.3 Å². The molecule has 1 aromatic rings. The standard InChI is InChI=1S/C12H16FNO2/c13-11-6-4-10(5-7-11)12(16)14-8-2-1-3-9-15/h4-7,15H,1-3,8-9H2,(H,14,16). The molecular formula is C12H16FNO2. The van der Waals surface area contributed by atoms with Gasteiger partial charge in [0.25, 0.3) is 5.91 Å². The zero-order chi connectivity index (χ0) is 11.8. The van der Waals surface area contributed by atoms with Crippen LogP contribution in [0, 0.1) is 5.82 Å². The fourth-order valence-electron chi connectivity index (χ4n) is 1.32. The Morgan fingerprint density at radius 2 is 1.88 bits per heavy atom. The number of hydrogen-bond donors (Lipinski definition) is 2. The minimum absolute atomic E-state index is 0.186. The number of halogens is 1. The quantitative estimate of drug-likeness (QED) is 0.724. The number of benzene rings is 1. The molecule has 0 aliphatic carbocycles. The van der Waals surface area contributed by atoms with E-state index in [-0.39, 0.29) is 18.3 Å². The molecule has 1 aromatic carbocycles. The molecule has 16 heavy (non-hydrogen) atoms. The second kappa shape index (κ2) is 6.95. The van der Waals surface area contributed by atoms with Gasteiger partial charge in [0, 0.05) is 18.7 Å². The summed E-state index contributed by atoms with van der Waals surface area (Å²) in [5, 5.41) is 11.3. The molecular weight excluding hydrogens is 209 g/mol. The van der Waals surface area contributed by atoms with Crippen molar-refractivity contribution < 1.29 is 14.3 Å². The highest BCUT2D eigenvalue weighted by atomic mass is 19.1. The van der Waals surface area contributed by atoms with Crippen molar-refractivity contribution in [1.82, 2.24) is 5.32 Å². The van der Waals surface area contributed by atoms with Crippen molar-refractivity contribution >= 4 is 5.91 Å². The molecule has 4 heteroatoms. The fourth-order valence-corrected chi connectivity index (χ4v) is 1.32. The predicted molar refractivity (Wildman–Crippen MR) is 59.7 cm³/mol. The van der Waals surface area contributed by atoms with E-state index in [0.717, 1.165) is 19.3 Å². The molecule has 0 unspecified atom stereocenters. The van der Waals surface area contributed by atoms with Crippen LogP contribution in [-0.2, 0) is 0 Å². The normalized spacial score (nSPS) is 10.1. The number of rotatable bonds is 6. The first-order chi connectivity index (χ1) is 7.74. The Morgan fingerprint density at radius 3 is 2.50 bits per heavy atom. The fraction of sp³-hybridized carbons (Fsp3) is 0.417. The molecule has 88 valence electrons. The summed E-state index contributed by atoms with van der Waals surface area (Å²) in [6, 6.07) is 5.44. The summed E-state index contributed by atoms with van der Waals surface area (Å²) in [7, 11) is 0. The lowest BCUT2D eigenvalue weighted by molar-refractivity contribution is 0.0953. The summed E-state index contributed by atoms with van der Waals surface area (Å²) >= 11 is 0. The van der Waals surface area contributed by atoms with Crippen molar-refractivity contribution in [3.8, 4) is 0 Å². The van der Waals surface area contributed by atoms with Gasteiger partial charge in [-0.2, -0.15) is 0 Å². The Balaban J connectivity index is 2.27. The van der Waals surface area contributed by atoms with Crippen molar-refractivity contribution in [2.24, 2.45) is 0 Å². The molecule has 2 N–H and O–H groups in total. The summed E-state index contributed by atoms with van der Waals surface area (Å²) in [4.78, 5) is 11.5. The van der Waals surface area contributed by atoms with Gasteiger partial charge in [-0.25, -0.2) is 4.39 Å². The monoisotopic (exact) mass is 225 g/mol. The highest BCUT2D eigenvalue weighted by Crippen LogP contribution is 2.02. The molecule has 0 saturated heterocycles. The van der Waals surface area contributed by atoms with Crippen molar-refractivity contribution in [3.05, 3.63) is 35.6 Å². The highest BCUT2D eigenvalue weighted by molar-refractivity contribution is 5.94. The minimum atomic E-state index is -0.348. The zero-order valence-electron chi connectivity index (χ0n) is 9.08. The van der Waals surface area contributed by atoms with Crippen LogP contribution < -0.4 is 5.32 Å². The summed E-state index contributed by atoms with van der Waals surface area (Å²) in [5.41, 5.74) is 0.462. The third kappa shape index (κ3) is 4.40. The van der Waals surface area contributed by atoms with Gasteiger partial charge in [-0.3, -0.25) is 4.79 Å². The van der Waals surface area contributed by atoms with E-state index < -0.39 is 0 Å². The van der Waals surface area contributed by atoms with Gasteiger partial charge < -0.3 is 10.4 Å². The molecule has 1 amide bonds. The van der Waals surface area contributed by atoms with E-state index in [2.05, 4.69) is 5.32 Å². The molecule has 0 aromatic heterocycles. The molecule has 0 saturated carbocycles. The lowest BCUT2D eigenvalue weighted by Crippen LogP contribution is -2.24. The second-order valence-electron chi connectivity index (χ2n) is 3.55. The van der Waals surface area contributed by atoms with Crippen LogP contribution in [0.2, 0.25) is 0 Å². The van der Waals surface area contributed by atoms with E-state index in [1.807, 2.05) is 0 Å². The van der Waals surface area contributed by atoms with Gasteiger partial charge >= 0.3 is 0 Å². The van der Waals surface area contributed by atoms with Crippen LogP contribution in [0.15, 0.2) is 24.3 Å². The third-order valence-electron chi connectivity index (χ3n) is 2.23. The predicted octanol–water partition coefficient (Wildman–Crippen LogP) is 1.72. The van der Waals surface area contributed by atoms with Crippen LogP contribution in [0.25, 0.3) is 0 Å². The number of carbonyl (C=O) groups is 1. The van der Waals surface area contributed by atoms with E-state index in [1.54, 1.807) is 0 Å². The maximum Gasteiger partial charge on any atom is 0.251 e. The summed E-state index contributed by atoms with van der Waals surface area (Å²) in [6.45, 7) is 0.766. The second-order valence-corrected chi connectivity index (χ2v) is 3.55. The number of carbonyl (C=O) groups excluding carboxylic acids is 1. The minimum Gasteiger partial charge on any atom is -0.396 e. The van der Waals surface area contributed by atoms with Crippen molar-refractivity contribution in [2.45, 2.75) is 19.3 Å². The van der Waals surface area contributed by atoms with Crippen LogP contribution in [-0.4, -0.2) is 24.2 Å². The molecule has 0 heterocycles. The first kappa shape index (κ1) is 12.6. The average Bonchev–Trinajstić information content (AvgIpc) is 2.29. The van der Waals surface area contributed by atoms with Crippen LogP contribution in [0.5, 0.6) is 0 Å². The van der Waals surface area contributed by atoms with E-state index in [4.69, 9.17) is 5.11 Å². The van der Waals surface area contributed by atoms with Crippen LogP contribution >= 0.6 is 0 Å². The van der Waals surface area contributed by atoms with Crippen LogP contribution in [0.4, 0.5) is 4.39 Å². The largest absolute Gasteiger partial charge is 0.396 e. The number of hydrogen-bond acceptors (Lipinski definition) is 2. The van der Waals surface area contributed by atoms with Gasteiger partial charge in [-0.1, -0.05) is 0 Å². The molecule has 0 aliphatic rings. The van der Waals surface area contributed by atoms with E-state index in [0.29, 0.717) is 12.1 Å². The zero-order valence-corrected chi connectivity index (χ0v) is 9.08. The van der Waals surface area contributed by atoms with Crippen LogP contribution in [0.3, 0.4) is 0 Å². The smallest absolute Gasteiger partial charge is 0.251 e. The Kier molecular flexibility index (Phi) is 5.50. The van der Waals surface area contributed by atoms with Gasteiger partial charge in [-0.15, -0.1) is 0 Å². The number of unbranched alkanes of at least 4 members (excludes halogenated alkanes) is 2. The van der Waals surface area contributed by atoms with Gasteiger partial charge in [0.05, 0.1) is 0 Å². The molecule has 0 radical (unpaired) electrons. The van der Waals surface area contributed by atoms with Crippen molar-refractivity contribution in [2.75, 3.05) is 13.2 Å². The first-order valence-electron chi connectivity index (χ1n) is 5.38. The summed E-state index contributed by atoms with van der Waals surface area (Å²) in [5.74, 6) is -0.538. The van der Waals surface area contributed by atoms with Gasteiger partial charge in [0.15, 0.2) is 0 Å². The Hall–Kier alpha value is -1.42. The molecule has 0 fully saturated rings. The maximum atomic E-state index is 12.6. The number of aliphatic hydroxyl groups excluding tert-OH is 1. The Morgan fingerprint density at radius 1 is 1.19 bits per heavy atom. The lowest BCUT2D eigenvalue weighted by atomic mass is 10.2. The highest BCUT2D eigenvalue weighted by Gasteiger charge is 2.03. The Bertz CT molecular complexity index is 324. The summed E-state index contributed by atoms with van der Waals surface area (Å²) < 4.78 is 12.6. The molecule has 3 nitrogen and oxygen atoms in total. The topological polar surface area (TPSA) is 49.3 Å². The van der Waals surface area contributed by atoms with Crippen LogP contribution in [0.1, 0.15) is 29.6 Å². The van der Waals surface area contributed by atoms with Crippen molar-refractivity contribution in [1.29, 1.82) is 0 Å². The van der Waals surface area contributed by atoms with Gasteiger partial charge in [0.2, 0.25) is 0 Å².